The van der Waals surface area contributed by atoms with Gasteiger partial charge in [0.15, 0.2) is 0 Å². The molecule has 0 saturated heterocycles. The first-order chi connectivity index (χ1) is 8.35. The molecule has 0 amide bonds. The van der Waals surface area contributed by atoms with E-state index in [1.165, 1.54) is 21.9 Å². The van der Waals surface area contributed by atoms with E-state index in [0.717, 1.165) is 15.9 Å². The van der Waals surface area contributed by atoms with Crippen molar-refractivity contribution >= 4 is 25.9 Å². The largest absolute Gasteiger partial charge is 3.00 e. The van der Waals surface area contributed by atoms with E-state index in [-0.39, 0.29) is 51.0 Å². The molecule has 0 heterocycles. The summed E-state index contributed by atoms with van der Waals surface area (Å²) in [7, 11) is 1.08. The van der Waals surface area contributed by atoms with Gasteiger partial charge in [-0.2, -0.15) is 0 Å². The molecule has 0 bridgehead atoms. The van der Waals surface area contributed by atoms with Gasteiger partial charge in [-0.05, 0) is 6.42 Å². The fourth-order valence-corrected chi connectivity index (χ4v) is 2.00. The van der Waals surface area contributed by atoms with Gasteiger partial charge in [-0.25, -0.2) is 0 Å². The van der Waals surface area contributed by atoms with Crippen LogP contribution >= 0.6 is 0 Å². The molecule has 0 nitrogen and oxygen atoms in total. The molecule has 0 unspecified atom stereocenters. The second-order valence-electron chi connectivity index (χ2n) is 4.20. The average Bonchev–Trinajstić information content (AvgIpc) is 2.99. The number of halogens is 2. The summed E-state index contributed by atoms with van der Waals surface area (Å²) in [4.78, 5) is 0. The van der Waals surface area contributed by atoms with E-state index in [9.17, 15) is 0 Å². The van der Waals surface area contributed by atoms with Crippen LogP contribution in [0.1, 0.15) is 12.0 Å². The van der Waals surface area contributed by atoms with Crippen LogP contribution in [-0.4, -0.2) is 9.52 Å². The zero-order valence-electron chi connectivity index (χ0n) is 11.7. The maximum atomic E-state index is 2.27. The van der Waals surface area contributed by atoms with E-state index in [2.05, 4.69) is 67.7 Å². The van der Waals surface area contributed by atoms with Crippen molar-refractivity contribution in [3.05, 3.63) is 60.2 Å². The summed E-state index contributed by atoms with van der Waals surface area (Å²) in [5, 5.41) is 2.69. The normalized spacial score (nSPS) is 11.4. The van der Waals surface area contributed by atoms with Crippen LogP contribution in [0.25, 0.3) is 16.3 Å². The van der Waals surface area contributed by atoms with Gasteiger partial charge < -0.3 is 24.8 Å². The minimum Gasteiger partial charge on any atom is -1.00 e. The van der Waals surface area contributed by atoms with Crippen LogP contribution in [0.4, 0.5) is 0 Å². The van der Waals surface area contributed by atoms with Crippen LogP contribution in [0.2, 0.25) is 13.1 Å². The van der Waals surface area contributed by atoms with E-state index in [4.69, 9.17) is 0 Å². The van der Waals surface area contributed by atoms with Crippen LogP contribution in [0.5, 0.6) is 0 Å². The van der Waals surface area contributed by atoms with E-state index in [1.54, 1.807) is 0 Å². The molecule has 4 heteroatoms. The minimum atomic E-state index is 0. The minimum absolute atomic E-state index is 0. The summed E-state index contributed by atoms with van der Waals surface area (Å²) < 4.78 is 0. The molecule has 0 spiro atoms. The predicted octanol–water partition coefficient (Wildman–Crippen LogP) is -1.31. The molecule has 0 N–H and O–H groups in total. The van der Waals surface area contributed by atoms with Crippen molar-refractivity contribution in [2.24, 2.45) is 0 Å². The Kier molecular flexibility index (Phi) is 13.0. The van der Waals surface area contributed by atoms with Crippen LogP contribution in [0, 0.1) is 0 Å². The van der Waals surface area contributed by atoms with E-state index in [1.807, 2.05) is 0 Å². The first kappa shape index (κ1) is 22.3. The van der Waals surface area contributed by atoms with Crippen molar-refractivity contribution in [3.8, 4) is 0 Å². The number of hydrogen-bond acceptors (Lipinski definition) is 0. The Balaban J connectivity index is 0. The molecule has 2 aromatic carbocycles. The first-order valence-electron chi connectivity index (χ1n) is 5.95. The van der Waals surface area contributed by atoms with Gasteiger partial charge >= 0.3 is 26.2 Å². The summed E-state index contributed by atoms with van der Waals surface area (Å²) in [6.07, 6.45) is 7.62. The predicted molar refractivity (Wildman–Crippen MR) is 78.8 cm³/mol. The Bertz CT molecular complexity index is 525. The van der Waals surface area contributed by atoms with Gasteiger partial charge in [-0.1, -0.05) is 49.5 Å². The van der Waals surface area contributed by atoms with Crippen molar-refractivity contribution < 1.29 is 51.0 Å². The average molecular weight is 400 g/mol. The van der Waals surface area contributed by atoms with Gasteiger partial charge in [0.05, 0.1) is 0 Å². The van der Waals surface area contributed by atoms with Crippen LogP contribution in [0.3, 0.4) is 0 Å². The van der Waals surface area contributed by atoms with Crippen molar-refractivity contribution in [2.45, 2.75) is 19.5 Å². The van der Waals surface area contributed by atoms with Crippen LogP contribution < -0.4 is 24.8 Å². The molecular weight excluding hydrogens is 382 g/mol. The van der Waals surface area contributed by atoms with Gasteiger partial charge in [-0.3, -0.25) is 0 Å². The fraction of sp³-hybridized carbons (Fsp3) is 0.188. The zero-order valence-corrected chi connectivity index (χ0v) is 16.6. The third-order valence-electron chi connectivity index (χ3n) is 2.76. The second kappa shape index (κ2) is 11.6. The Morgan fingerprint density at radius 1 is 1.10 bits per heavy atom. The van der Waals surface area contributed by atoms with Gasteiger partial charge in [0.2, 0.25) is 0 Å². The van der Waals surface area contributed by atoms with Crippen molar-refractivity contribution in [1.82, 2.24) is 0 Å². The number of benzene rings is 1. The van der Waals surface area contributed by atoms with Gasteiger partial charge in [0.1, 0.15) is 0 Å². The molecule has 0 atom stereocenters. The topological polar surface area (TPSA) is 0 Å². The SMILES string of the molecule is C1=CCC(c2cc3ccccc3[cH-]2)=C1.C[Si]C.[Cl-].[Cl-].[Zr+3]. The molecule has 0 aliphatic heterocycles. The Labute approximate surface area is 155 Å². The number of fused-ring (bicyclic) bond motifs is 1. The van der Waals surface area contributed by atoms with E-state index < -0.39 is 0 Å². The maximum absolute atomic E-state index is 2.27. The monoisotopic (exact) mass is 397 g/mol. The third-order valence-corrected chi connectivity index (χ3v) is 2.76. The van der Waals surface area contributed by atoms with Gasteiger partial charge in [-0.15, -0.1) is 40.1 Å². The van der Waals surface area contributed by atoms with Crippen molar-refractivity contribution in [1.29, 1.82) is 0 Å². The Hall–Kier alpha value is -0.01000. The summed E-state index contributed by atoms with van der Waals surface area (Å²) in [5.41, 5.74) is 2.80. The standard InChI is InChI=1S/C14H11.C2H6Si.2ClH.Zr/c1-2-6-11(5-1)14-9-12-7-3-4-8-13(12)10-14;1-3-2;;;/h1-5,7-10H,6H2;1-2H3;2*1H;/q-1;;;;+3/p-2. The molecular formula is C16H17Cl2SiZr. The quantitative estimate of drug-likeness (QED) is 0.413. The summed E-state index contributed by atoms with van der Waals surface area (Å²) in [6, 6.07) is 13.1. The molecule has 103 valence electrons. The van der Waals surface area contributed by atoms with Crippen molar-refractivity contribution in [3.63, 3.8) is 0 Å². The van der Waals surface area contributed by atoms with Gasteiger partial charge in [0, 0.05) is 9.52 Å². The number of allylic oxidation sites excluding steroid dienone is 4. The molecule has 3 radical (unpaired) electrons. The smallest absolute Gasteiger partial charge is 1.00 e. The molecule has 1 aliphatic rings. The van der Waals surface area contributed by atoms with E-state index >= 15 is 0 Å². The Morgan fingerprint density at radius 3 is 2.30 bits per heavy atom. The zero-order chi connectivity index (χ0) is 12.1. The molecule has 1 aliphatic carbocycles. The molecule has 2 aromatic rings. The molecule has 3 rings (SSSR count). The van der Waals surface area contributed by atoms with E-state index in [0.29, 0.717) is 0 Å². The Morgan fingerprint density at radius 2 is 1.75 bits per heavy atom. The molecule has 0 saturated carbocycles. The van der Waals surface area contributed by atoms with Crippen molar-refractivity contribution in [2.75, 3.05) is 0 Å². The molecule has 0 fully saturated rings. The molecule has 0 aromatic heterocycles. The number of hydrogen-bond donors (Lipinski definition) is 0. The number of rotatable bonds is 1. The van der Waals surface area contributed by atoms with Crippen LogP contribution in [-0.2, 0) is 26.2 Å². The fourth-order valence-electron chi connectivity index (χ4n) is 2.00. The summed E-state index contributed by atoms with van der Waals surface area (Å²) in [6.45, 7) is 4.31. The molecule has 20 heavy (non-hydrogen) atoms. The summed E-state index contributed by atoms with van der Waals surface area (Å²) in [5.74, 6) is 0. The summed E-state index contributed by atoms with van der Waals surface area (Å²) >= 11 is 0. The van der Waals surface area contributed by atoms with Crippen LogP contribution in [0.15, 0.2) is 54.6 Å². The maximum Gasteiger partial charge on any atom is 3.00 e. The first-order valence-corrected chi connectivity index (χ1v) is 7.95. The second-order valence-corrected chi connectivity index (χ2v) is 5.20. The third kappa shape index (κ3) is 5.77. The van der Waals surface area contributed by atoms with Gasteiger partial charge in [0.25, 0.3) is 0 Å².